The van der Waals surface area contributed by atoms with E-state index in [0.717, 1.165) is 13.1 Å². The average molecular weight is 311 g/mol. The number of nitrogens with zero attached hydrogens (tertiary/aromatic N) is 3. The maximum Gasteiger partial charge on any atom is 0.306 e. The molecule has 7 heteroatoms. The highest BCUT2D eigenvalue weighted by Crippen LogP contribution is 2.31. The lowest BCUT2D eigenvalue weighted by atomic mass is 10.0. The van der Waals surface area contributed by atoms with Crippen LogP contribution in [0.15, 0.2) is 0 Å². The molecular weight excluding hydrogens is 286 g/mol. The van der Waals surface area contributed by atoms with Gasteiger partial charge in [-0.3, -0.25) is 14.4 Å². The fourth-order valence-electron chi connectivity index (χ4n) is 3.24. The second-order valence-electron chi connectivity index (χ2n) is 6.43. The van der Waals surface area contributed by atoms with Crippen molar-refractivity contribution in [2.45, 2.75) is 12.8 Å². The van der Waals surface area contributed by atoms with Crippen LogP contribution in [-0.2, 0) is 19.1 Å². The van der Waals surface area contributed by atoms with E-state index in [0.29, 0.717) is 31.5 Å². The number of hydrogen-bond donors (Lipinski definition) is 0. The highest BCUT2D eigenvalue weighted by molar-refractivity contribution is 5.82. The van der Waals surface area contributed by atoms with E-state index in [4.69, 9.17) is 0 Å². The van der Waals surface area contributed by atoms with E-state index in [1.165, 1.54) is 7.11 Å². The van der Waals surface area contributed by atoms with Crippen LogP contribution in [0.25, 0.3) is 0 Å². The van der Waals surface area contributed by atoms with Gasteiger partial charge in [-0.2, -0.15) is 0 Å². The number of methoxy groups -OCH3 is 1. The van der Waals surface area contributed by atoms with Gasteiger partial charge in [-0.1, -0.05) is 0 Å². The van der Waals surface area contributed by atoms with Gasteiger partial charge >= 0.3 is 5.97 Å². The van der Waals surface area contributed by atoms with Crippen molar-refractivity contribution in [2.75, 3.05) is 53.9 Å². The first-order valence-electron chi connectivity index (χ1n) is 7.67. The second kappa shape index (κ2) is 7.09. The zero-order valence-electron chi connectivity index (χ0n) is 13.6. The summed E-state index contributed by atoms with van der Waals surface area (Å²) in [4.78, 5) is 40.9. The number of likely N-dealkylation sites (N-methyl/N-ethyl adjacent to an activating group) is 1. The van der Waals surface area contributed by atoms with Crippen LogP contribution in [0.2, 0.25) is 0 Å². The van der Waals surface area contributed by atoms with Crippen LogP contribution in [0.4, 0.5) is 0 Å². The summed E-state index contributed by atoms with van der Waals surface area (Å²) < 4.78 is 4.55. The molecule has 2 atom stereocenters. The lowest BCUT2D eigenvalue weighted by molar-refractivity contribution is -0.143. The molecule has 0 aromatic heterocycles. The van der Waals surface area contributed by atoms with Crippen molar-refractivity contribution in [1.82, 2.24) is 14.7 Å². The number of likely N-dealkylation sites (tertiary alicyclic amines) is 2. The Morgan fingerprint density at radius 1 is 0.955 bits per heavy atom. The molecule has 2 saturated heterocycles. The van der Waals surface area contributed by atoms with E-state index < -0.39 is 0 Å². The Bertz CT molecular complexity index is 438. The van der Waals surface area contributed by atoms with Crippen LogP contribution in [0.1, 0.15) is 12.8 Å². The van der Waals surface area contributed by atoms with Crippen molar-refractivity contribution >= 4 is 17.8 Å². The van der Waals surface area contributed by atoms with E-state index in [1.807, 2.05) is 28.8 Å². The SMILES string of the molecule is COC(=O)CCC(=O)N1CC2CN(C(=O)CN(C)C)CC2C1. The second-order valence-corrected chi connectivity index (χ2v) is 6.43. The van der Waals surface area contributed by atoms with Crippen LogP contribution in [0.5, 0.6) is 0 Å². The largest absolute Gasteiger partial charge is 0.469 e. The van der Waals surface area contributed by atoms with E-state index in [1.54, 1.807) is 0 Å². The molecule has 124 valence electrons. The fourth-order valence-corrected chi connectivity index (χ4v) is 3.24. The molecule has 7 nitrogen and oxygen atoms in total. The summed E-state index contributed by atoms with van der Waals surface area (Å²) in [5.41, 5.74) is 0. The average Bonchev–Trinajstić information content (AvgIpc) is 3.01. The highest BCUT2D eigenvalue weighted by Gasteiger charge is 2.42. The quantitative estimate of drug-likeness (QED) is 0.635. The molecule has 0 spiro atoms. The third-order valence-electron chi connectivity index (χ3n) is 4.41. The number of fused-ring (bicyclic) bond motifs is 1. The summed E-state index contributed by atoms with van der Waals surface area (Å²) in [5, 5.41) is 0. The number of ether oxygens (including phenoxy) is 1. The number of hydrogen-bond acceptors (Lipinski definition) is 5. The van der Waals surface area contributed by atoms with E-state index in [2.05, 4.69) is 4.74 Å². The summed E-state index contributed by atoms with van der Waals surface area (Å²) in [5.74, 6) is 0.545. The van der Waals surface area contributed by atoms with E-state index in [-0.39, 0.29) is 30.6 Å². The van der Waals surface area contributed by atoms with Crippen molar-refractivity contribution in [3.63, 3.8) is 0 Å². The standard InChI is InChI=1S/C15H25N3O4/c1-16(2)10-14(20)18-8-11-6-17(7-12(11)9-18)13(19)4-5-15(21)22-3/h11-12H,4-10H2,1-3H3. The molecule has 2 heterocycles. The topological polar surface area (TPSA) is 70.2 Å². The molecule has 0 N–H and O–H groups in total. The number of rotatable bonds is 5. The number of carbonyl (C=O) groups excluding carboxylic acids is 3. The zero-order chi connectivity index (χ0) is 16.3. The van der Waals surface area contributed by atoms with Crippen LogP contribution in [0, 0.1) is 11.8 Å². The minimum atomic E-state index is -0.354. The Morgan fingerprint density at radius 2 is 1.45 bits per heavy atom. The van der Waals surface area contributed by atoms with E-state index in [9.17, 15) is 14.4 Å². The van der Waals surface area contributed by atoms with Gasteiger partial charge in [0.25, 0.3) is 0 Å². The van der Waals surface area contributed by atoms with Crippen LogP contribution in [0.3, 0.4) is 0 Å². The molecule has 2 aliphatic heterocycles. The Kier molecular flexibility index (Phi) is 5.39. The molecule has 22 heavy (non-hydrogen) atoms. The maximum absolute atomic E-state index is 12.1. The normalized spacial score (nSPS) is 23.8. The van der Waals surface area contributed by atoms with Crippen molar-refractivity contribution < 1.29 is 19.1 Å². The van der Waals surface area contributed by atoms with Crippen LogP contribution >= 0.6 is 0 Å². The number of amides is 2. The van der Waals surface area contributed by atoms with Gasteiger partial charge < -0.3 is 19.4 Å². The van der Waals surface area contributed by atoms with E-state index >= 15 is 0 Å². The van der Waals surface area contributed by atoms with Gasteiger partial charge in [0.05, 0.1) is 20.1 Å². The molecule has 0 radical (unpaired) electrons. The summed E-state index contributed by atoms with van der Waals surface area (Å²) in [7, 11) is 5.10. The lowest BCUT2D eigenvalue weighted by Crippen LogP contribution is -2.39. The summed E-state index contributed by atoms with van der Waals surface area (Å²) >= 11 is 0. The van der Waals surface area contributed by atoms with Gasteiger partial charge in [0.1, 0.15) is 0 Å². The van der Waals surface area contributed by atoms with Gasteiger partial charge in [0.2, 0.25) is 11.8 Å². The third kappa shape index (κ3) is 3.97. The zero-order valence-corrected chi connectivity index (χ0v) is 13.6. The van der Waals surface area contributed by atoms with Gasteiger partial charge in [-0.05, 0) is 14.1 Å². The third-order valence-corrected chi connectivity index (χ3v) is 4.41. The molecule has 2 aliphatic rings. The number of esters is 1. The van der Waals surface area contributed by atoms with Crippen LogP contribution < -0.4 is 0 Å². The smallest absolute Gasteiger partial charge is 0.306 e. The lowest BCUT2D eigenvalue weighted by Gasteiger charge is -2.23. The Balaban J connectivity index is 1.78. The Morgan fingerprint density at radius 3 is 1.91 bits per heavy atom. The molecule has 0 aromatic rings. The molecule has 0 aliphatic carbocycles. The predicted octanol–water partition coefficient (Wildman–Crippen LogP) is -0.582. The highest BCUT2D eigenvalue weighted by atomic mass is 16.5. The molecular formula is C15H25N3O4. The molecule has 2 amide bonds. The first-order chi connectivity index (χ1) is 10.4. The number of carbonyl (C=O) groups is 3. The maximum atomic E-state index is 12.1. The summed E-state index contributed by atoms with van der Waals surface area (Å²) in [6, 6.07) is 0. The van der Waals surface area contributed by atoms with Crippen molar-refractivity contribution in [3.8, 4) is 0 Å². The molecule has 2 rings (SSSR count). The van der Waals surface area contributed by atoms with Crippen molar-refractivity contribution in [1.29, 1.82) is 0 Å². The van der Waals surface area contributed by atoms with Gasteiger partial charge in [-0.25, -0.2) is 0 Å². The molecule has 2 fully saturated rings. The fraction of sp³-hybridized carbons (Fsp3) is 0.800. The van der Waals surface area contributed by atoms with Crippen molar-refractivity contribution in [3.05, 3.63) is 0 Å². The molecule has 0 bridgehead atoms. The van der Waals surface area contributed by atoms with Gasteiger partial charge in [0, 0.05) is 44.4 Å². The minimum absolute atomic E-state index is 0.00553. The Labute approximate surface area is 131 Å². The van der Waals surface area contributed by atoms with Gasteiger partial charge in [0.15, 0.2) is 0 Å². The minimum Gasteiger partial charge on any atom is -0.469 e. The molecule has 2 unspecified atom stereocenters. The monoisotopic (exact) mass is 311 g/mol. The first kappa shape index (κ1) is 16.7. The summed E-state index contributed by atoms with van der Waals surface area (Å²) in [6.07, 6.45) is 0.337. The van der Waals surface area contributed by atoms with Gasteiger partial charge in [-0.15, -0.1) is 0 Å². The first-order valence-corrected chi connectivity index (χ1v) is 7.67. The molecule has 0 saturated carbocycles. The Hall–Kier alpha value is -1.63. The molecule has 0 aromatic carbocycles. The van der Waals surface area contributed by atoms with Crippen LogP contribution in [-0.4, -0.2) is 86.4 Å². The summed E-state index contributed by atoms with van der Waals surface area (Å²) in [6.45, 7) is 3.28. The van der Waals surface area contributed by atoms with Crippen molar-refractivity contribution in [2.24, 2.45) is 11.8 Å². The predicted molar refractivity (Wildman–Crippen MR) is 79.9 cm³/mol.